The summed E-state index contributed by atoms with van der Waals surface area (Å²) >= 11 is 12.5. The molecule has 0 unspecified atom stereocenters. The Morgan fingerprint density at radius 1 is 1.21 bits per heavy atom. The Bertz CT molecular complexity index is 927. The fraction of sp³-hybridized carbons (Fsp3) is 0.381. The van der Waals surface area contributed by atoms with E-state index >= 15 is 0 Å². The first kappa shape index (κ1) is 21.3. The number of nitrogens with zero attached hydrogens (tertiary/aromatic N) is 2. The lowest BCUT2D eigenvalue weighted by molar-refractivity contribution is -0.133. The van der Waals surface area contributed by atoms with Gasteiger partial charge in [0.15, 0.2) is 0 Å². The van der Waals surface area contributed by atoms with Crippen molar-refractivity contribution in [3.8, 4) is 0 Å². The first-order chi connectivity index (χ1) is 13.2. The van der Waals surface area contributed by atoms with Gasteiger partial charge in [0.1, 0.15) is 0 Å². The van der Waals surface area contributed by atoms with E-state index in [2.05, 4.69) is 16.5 Å². The third-order valence-electron chi connectivity index (χ3n) is 5.13. The maximum atomic E-state index is 13.0. The molecule has 0 saturated carbocycles. The van der Waals surface area contributed by atoms with Crippen LogP contribution >= 0.6 is 23.2 Å². The lowest BCUT2D eigenvalue weighted by atomic mass is 9.89. The molecule has 1 heterocycles. The summed E-state index contributed by atoms with van der Waals surface area (Å²) in [6, 6.07) is 11.4. The second kappa shape index (κ2) is 8.54. The highest BCUT2D eigenvalue weighted by Crippen LogP contribution is 2.33. The van der Waals surface area contributed by atoms with E-state index in [1.165, 1.54) is 5.56 Å². The molecule has 0 fully saturated rings. The van der Waals surface area contributed by atoms with Crippen molar-refractivity contribution in [2.75, 3.05) is 19.1 Å². The van der Waals surface area contributed by atoms with Crippen LogP contribution in [-0.4, -0.2) is 34.4 Å². The minimum Gasteiger partial charge on any atom is -0.345 e. The monoisotopic (exact) mass is 440 g/mol. The van der Waals surface area contributed by atoms with Gasteiger partial charge in [-0.2, -0.15) is 0 Å². The molecule has 0 radical (unpaired) electrons. The molecule has 2 aromatic carbocycles. The van der Waals surface area contributed by atoms with E-state index in [-0.39, 0.29) is 18.4 Å². The number of carbonyl (C=O) groups excluding carboxylic acids is 1. The van der Waals surface area contributed by atoms with Gasteiger partial charge in [0, 0.05) is 16.6 Å². The molecule has 1 N–H and O–H groups in total. The normalized spacial score (nSPS) is 17.2. The lowest BCUT2D eigenvalue weighted by Crippen LogP contribution is -2.40. The Morgan fingerprint density at radius 2 is 1.86 bits per heavy atom. The minimum atomic E-state index is -2.17. The zero-order valence-electron chi connectivity index (χ0n) is 16.3. The van der Waals surface area contributed by atoms with Crippen molar-refractivity contribution in [2.24, 2.45) is 4.36 Å². The van der Waals surface area contributed by atoms with Crippen molar-refractivity contribution in [2.45, 2.75) is 32.4 Å². The highest BCUT2D eigenvalue weighted by Gasteiger charge is 2.29. The van der Waals surface area contributed by atoms with Crippen LogP contribution in [0.1, 0.15) is 35.2 Å². The maximum Gasteiger partial charge on any atom is 0.227 e. The van der Waals surface area contributed by atoms with Gasteiger partial charge in [0.25, 0.3) is 0 Å². The fourth-order valence-corrected chi connectivity index (χ4v) is 4.67. The maximum absolute atomic E-state index is 13.0. The first-order valence-corrected chi connectivity index (χ1v) is 12.6. The van der Waals surface area contributed by atoms with Crippen molar-refractivity contribution >= 4 is 39.2 Å². The summed E-state index contributed by atoms with van der Waals surface area (Å²) in [6.45, 7) is 3.20. The minimum absolute atomic E-state index is 0.0191. The van der Waals surface area contributed by atoms with E-state index in [9.17, 15) is 9.35 Å². The second-order valence-corrected chi connectivity index (χ2v) is 11.3. The van der Waals surface area contributed by atoms with E-state index in [0.29, 0.717) is 28.7 Å². The smallest absolute Gasteiger partial charge is 0.227 e. The first-order valence-electron chi connectivity index (χ1n) is 9.26. The number of hydrogen-bond donors (Lipinski definition) is 2. The molecule has 0 saturated heterocycles. The van der Waals surface area contributed by atoms with Gasteiger partial charge in [0.05, 0.1) is 19.0 Å². The van der Waals surface area contributed by atoms with Crippen LogP contribution in [0.15, 0.2) is 40.8 Å². The number of halogens is 2. The Kier molecular flexibility index (Phi) is 6.50. The molecule has 1 aliphatic heterocycles. The topological polar surface area (TPSA) is 52.9 Å². The van der Waals surface area contributed by atoms with Crippen LogP contribution in [0.2, 0.25) is 10.0 Å². The Labute approximate surface area is 177 Å². The largest absolute Gasteiger partial charge is 0.345 e. The predicted molar refractivity (Wildman–Crippen MR) is 120 cm³/mol. The molecule has 1 amide bonds. The molecule has 0 bridgehead atoms. The highest BCUT2D eigenvalue weighted by molar-refractivity contribution is 7.98. The average Bonchev–Trinajstić information content (AvgIpc) is 2.63. The van der Waals surface area contributed by atoms with Crippen LogP contribution in [0.25, 0.3) is 0 Å². The van der Waals surface area contributed by atoms with Crippen LogP contribution in [0.4, 0.5) is 0 Å². The van der Waals surface area contributed by atoms with Gasteiger partial charge < -0.3 is 9.45 Å². The molecular weight excluding hydrogens is 415 g/mol. The van der Waals surface area contributed by atoms with Crippen LogP contribution in [0.3, 0.4) is 0 Å². The second-order valence-electron chi connectivity index (χ2n) is 7.51. The standard InChI is InChI=1S/C21H26Cl2N2O2S/c1-14-16-7-4-6-15(13-24-28(2,3)27)17(16)10-11-25(14)21(26)12-18-19(22)8-5-9-20(18)23/h4-9,14,28H,10-13H2,1-3H3,(H,24,27)/t14-/m0/s1. The van der Waals surface area contributed by atoms with Gasteiger partial charge in [0.2, 0.25) is 5.91 Å². The van der Waals surface area contributed by atoms with Gasteiger partial charge in [-0.15, -0.1) is 10.1 Å². The molecule has 0 spiro atoms. The zero-order valence-corrected chi connectivity index (χ0v) is 18.7. The Morgan fingerprint density at radius 3 is 2.50 bits per heavy atom. The van der Waals surface area contributed by atoms with Gasteiger partial charge >= 0.3 is 0 Å². The lowest BCUT2D eigenvalue weighted by Gasteiger charge is -2.36. The molecular formula is C21H26Cl2N2O2S. The fourth-order valence-electron chi connectivity index (χ4n) is 3.64. The molecule has 1 aliphatic rings. The van der Waals surface area contributed by atoms with E-state index in [1.807, 2.05) is 17.9 Å². The summed E-state index contributed by atoms with van der Waals surface area (Å²) in [4.78, 5) is 14.9. The quantitative estimate of drug-likeness (QED) is 0.658. The third-order valence-corrected chi connectivity index (χ3v) is 6.67. The Balaban J connectivity index is 1.83. The zero-order chi connectivity index (χ0) is 20.5. The van der Waals surface area contributed by atoms with Crippen LogP contribution in [0.5, 0.6) is 0 Å². The number of hydrogen-bond acceptors (Lipinski definition) is 2. The summed E-state index contributed by atoms with van der Waals surface area (Å²) in [5.74, 6) is 0.0191. The van der Waals surface area contributed by atoms with Gasteiger partial charge in [-0.3, -0.25) is 9.16 Å². The van der Waals surface area contributed by atoms with Gasteiger partial charge in [-0.05, 0) is 60.2 Å². The molecule has 3 rings (SSSR count). The van der Waals surface area contributed by atoms with Crippen LogP contribution < -0.4 is 0 Å². The number of benzene rings is 2. The molecule has 2 aromatic rings. The Hall–Kier alpha value is -1.40. The van der Waals surface area contributed by atoms with Crippen molar-refractivity contribution in [3.63, 3.8) is 0 Å². The van der Waals surface area contributed by atoms with Gasteiger partial charge in [-0.1, -0.05) is 47.5 Å². The van der Waals surface area contributed by atoms with Crippen LogP contribution in [0, 0.1) is 0 Å². The third kappa shape index (κ3) is 4.77. The summed E-state index contributed by atoms with van der Waals surface area (Å²) < 4.78 is 14.5. The molecule has 4 nitrogen and oxygen atoms in total. The summed E-state index contributed by atoms with van der Waals surface area (Å²) in [7, 11) is -2.17. The molecule has 0 aromatic heterocycles. The molecule has 28 heavy (non-hydrogen) atoms. The predicted octanol–water partition coefficient (Wildman–Crippen LogP) is 4.98. The van der Waals surface area contributed by atoms with Crippen molar-refractivity contribution < 1.29 is 9.35 Å². The number of rotatable bonds is 4. The van der Waals surface area contributed by atoms with E-state index in [1.54, 1.807) is 30.7 Å². The number of carbonyl (C=O) groups is 1. The highest BCUT2D eigenvalue weighted by atomic mass is 35.5. The summed E-state index contributed by atoms with van der Waals surface area (Å²) in [6.07, 6.45) is 4.53. The molecule has 0 aliphatic carbocycles. The molecule has 152 valence electrons. The van der Waals surface area contributed by atoms with Crippen molar-refractivity contribution in [3.05, 3.63) is 68.7 Å². The van der Waals surface area contributed by atoms with Gasteiger partial charge in [-0.25, -0.2) is 0 Å². The number of amides is 1. The van der Waals surface area contributed by atoms with E-state index < -0.39 is 10.1 Å². The average molecular weight is 441 g/mol. The number of fused-ring (bicyclic) bond motifs is 1. The van der Waals surface area contributed by atoms with Crippen molar-refractivity contribution in [1.29, 1.82) is 0 Å². The molecule has 1 atom stereocenters. The van der Waals surface area contributed by atoms with E-state index in [4.69, 9.17) is 23.2 Å². The number of thiol groups is 1. The molecule has 7 heteroatoms. The SMILES string of the molecule is C[C@H]1c2cccc(CN=[SH](C)(C)O)c2CCN1C(=O)Cc1c(Cl)cccc1Cl. The van der Waals surface area contributed by atoms with Crippen molar-refractivity contribution in [1.82, 2.24) is 4.90 Å². The van der Waals surface area contributed by atoms with E-state index in [0.717, 1.165) is 17.5 Å². The summed E-state index contributed by atoms with van der Waals surface area (Å²) in [5, 5.41) is 1.04. The summed E-state index contributed by atoms with van der Waals surface area (Å²) in [5.41, 5.74) is 4.20. The van der Waals surface area contributed by atoms with Crippen LogP contribution in [-0.2, 0) is 34.3 Å².